The molecular formula is C19H31NOS. The van der Waals surface area contributed by atoms with E-state index in [0.717, 1.165) is 37.4 Å². The van der Waals surface area contributed by atoms with Crippen LogP contribution in [0.15, 0.2) is 24.3 Å². The molecule has 0 amide bonds. The molecule has 0 aliphatic carbocycles. The minimum Gasteiger partial charge on any atom is -0.303 e. The number of rotatable bonds is 9. The quantitative estimate of drug-likeness (QED) is 0.663. The van der Waals surface area contributed by atoms with Gasteiger partial charge in [0.1, 0.15) is 0 Å². The second kappa shape index (κ2) is 10.1. The van der Waals surface area contributed by atoms with E-state index in [2.05, 4.69) is 56.9 Å². The van der Waals surface area contributed by atoms with Crippen LogP contribution in [0.3, 0.4) is 0 Å². The zero-order chi connectivity index (χ0) is 16.5. The molecule has 0 aliphatic heterocycles. The molecule has 0 radical (unpaired) electrons. The predicted octanol–water partition coefficient (Wildman–Crippen LogP) is 4.59. The Morgan fingerprint density at radius 1 is 1.09 bits per heavy atom. The van der Waals surface area contributed by atoms with Gasteiger partial charge in [-0.15, -0.1) is 0 Å². The Kier molecular flexibility index (Phi) is 8.81. The molecule has 3 heteroatoms. The second-order valence-electron chi connectivity index (χ2n) is 6.26. The third-order valence-electron chi connectivity index (χ3n) is 4.02. The average molecular weight is 322 g/mol. The maximum atomic E-state index is 12.3. The molecule has 1 atom stereocenters. The number of nitrogens with zero attached hydrogens (tertiary/aromatic N) is 1. The molecule has 1 unspecified atom stereocenters. The largest absolute Gasteiger partial charge is 0.303 e. The van der Waals surface area contributed by atoms with E-state index in [9.17, 15) is 4.79 Å². The molecule has 0 N–H and O–H groups in total. The summed E-state index contributed by atoms with van der Waals surface area (Å²) in [6.45, 7) is 13.9. The number of hydrogen-bond donors (Lipinski definition) is 0. The topological polar surface area (TPSA) is 20.3 Å². The molecule has 0 bridgehead atoms. The van der Waals surface area contributed by atoms with Crippen LogP contribution < -0.4 is 0 Å². The van der Waals surface area contributed by atoms with Gasteiger partial charge in [0.05, 0.1) is 5.92 Å². The molecule has 0 fully saturated rings. The van der Waals surface area contributed by atoms with Gasteiger partial charge >= 0.3 is 0 Å². The van der Waals surface area contributed by atoms with Crippen molar-refractivity contribution in [2.24, 2.45) is 5.92 Å². The van der Waals surface area contributed by atoms with Crippen molar-refractivity contribution >= 4 is 16.9 Å². The fraction of sp³-hybridized carbons (Fsp3) is 0.632. The Balaban J connectivity index is 2.48. The van der Waals surface area contributed by atoms with Crippen molar-refractivity contribution < 1.29 is 4.79 Å². The van der Waals surface area contributed by atoms with Gasteiger partial charge < -0.3 is 4.90 Å². The van der Waals surface area contributed by atoms with Crippen LogP contribution in [0, 0.1) is 5.92 Å². The van der Waals surface area contributed by atoms with Crippen LogP contribution in [0.2, 0.25) is 0 Å². The van der Waals surface area contributed by atoms with E-state index in [1.54, 1.807) is 0 Å². The maximum Gasteiger partial charge on any atom is 0.196 e. The van der Waals surface area contributed by atoms with E-state index in [4.69, 9.17) is 0 Å². The highest BCUT2D eigenvalue weighted by molar-refractivity contribution is 8.13. The van der Waals surface area contributed by atoms with E-state index in [1.165, 1.54) is 17.3 Å². The number of carbonyl (C=O) groups is 1. The van der Waals surface area contributed by atoms with E-state index >= 15 is 0 Å². The lowest BCUT2D eigenvalue weighted by Crippen LogP contribution is -2.25. The zero-order valence-corrected chi connectivity index (χ0v) is 15.6. The number of hydrogen-bond acceptors (Lipinski definition) is 3. The van der Waals surface area contributed by atoms with Crippen molar-refractivity contribution in [1.82, 2.24) is 4.90 Å². The van der Waals surface area contributed by atoms with Crippen LogP contribution in [0.4, 0.5) is 0 Å². The summed E-state index contributed by atoms with van der Waals surface area (Å²) >= 11 is 1.47. The molecule has 0 saturated heterocycles. The minimum atomic E-state index is -0.0187. The first-order valence-electron chi connectivity index (χ1n) is 8.45. The fourth-order valence-corrected chi connectivity index (χ4v) is 3.43. The summed E-state index contributed by atoms with van der Waals surface area (Å²) in [4.78, 5) is 14.7. The maximum absolute atomic E-state index is 12.3. The Hall–Kier alpha value is -0.800. The van der Waals surface area contributed by atoms with Gasteiger partial charge in [0.2, 0.25) is 0 Å². The van der Waals surface area contributed by atoms with Gasteiger partial charge in [-0.1, -0.05) is 70.6 Å². The van der Waals surface area contributed by atoms with Crippen molar-refractivity contribution in [3.8, 4) is 0 Å². The van der Waals surface area contributed by atoms with Gasteiger partial charge in [0, 0.05) is 12.3 Å². The average Bonchev–Trinajstić information content (AvgIpc) is 2.51. The van der Waals surface area contributed by atoms with Crippen LogP contribution in [0.1, 0.15) is 51.7 Å². The molecule has 0 aliphatic rings. The normalized spacial score (nSPS) is 12.9. The van der Waals surface area contributed by atoms with Gasteiger partial charge in [-0.2, -0.15) is 0 Å². The Morgan fingerprint density at radius 2 is 1.68 bits per heavy atom. The highest BCUT2D eigenvalue weighted by atomic mass is 32.2. The molecule has 1 aromatic carbocycles. The lowest BCUT2D eigenvalue weighted by atomic mass is 9.97. The van der Waals surface area contributed by atoms with Gasteiger partial charge in [-0.25, -0.2) is 0 Å². The summed E-state index contributed by atoms with van der Waals surface area (Å²) in [5, 5.41) is 0.281. The smallest absolute Gasteiger partial charge is 0.196 e. The number of carbonyl (C=O) groups excluding carboxylic acids is 1. The van der Waals surface area contributed by atoms with E-state index in [1.807, 2.05) is 6.92 Å². The van der Waals surface area contributed by atoms with Crippen molar-refractivity contribution in [1.29, 1.82) is 0 Å². The molecule has 1 aromatic rings. The lowest BCUT2D eigenvalue weighted by Gasteiger charge is -2.18. The van der Waals surface area contributed by atoms with Gasteiger partial charge in [0.25, 0.3) is 0 Å². The molecule has 0 saturated carbocycles. The molecule has 2 nitrogen and oxygen atoms in total. The van der Waals surface area contributed by atoms with Crippen molar-refractivity contribution in [3.05, 3.63) is 35.4 Å². The summed E-state index contributed by atoms with van der Waals surface area (Å²) in [6, 6.07) is 8.57. The number of thioether (sulfide) groups is 1. The third kappa shape index (κ3) is 6.53. The molecule has 1 rings (SSSR count). The first-order chi connectivity index (χ1) is 10.5. The minimum absolute atomic E-state index is 0.0187. The van der Waals surface area contributed by atoms with Crippen molar-refractivity contribution in [2.75, 3.05) is 25.4 Å². The summed E-state index contributed by atoms with van der Waals surface area (Å²) < 4.78 is 0. The van der Waals surface area contributed by atoms with Crippen molar-refractivity contribution in [3.63, 3.8) is 0 Å². The van der Waals surface area contributed by atoms with Crippen LogP contribution in [-0.2, 0) is 11.2 Å². The SMILES string of the molecule is CCN(CC)CCSC(=O)C(C)c1ccc(CC(C)C)cc1. The first kappa shape index (κ1) is 19.2. The van der Waals surface area contributed by atoms with Crippen molar-refractivity contribution in [2.45, 2.75) is 47.0 Å². The van der Waals surface area contributed by atoms with Crippen LogP contribution in [0.5, 0.6) is 0 Å². The monoisotopic (exact) mass is 321 g/mol. The van der Waals surface area contributed by atoms with Gasteiger partial charge in [0.15, 0.2) is 5.12 Å². The molecular weight excluding hydrogens is 290 g/mol. The molecule has 0 aromatic heterocycles. The van der Waals surface area contributed by atoms with Crippen LogP contribution in [0.25, 0.3) is 0 Å². The molecule has 22 heavy (non-hydrogen) atoms. The van der Waals surface area contributed by atoms with E-state index < -0.39 is 0 Å². The second-order valence-corrected chi connectivity index (χ2v) is 7.35. The lowest BCUT2D eigenvalue weighted by molar-refractivity contribution is -0.111. The molecule has 0 heterocycles. The first-order valence-corrected chi connectivity index (χ1v) is 9.44. The Labute approximate surface area is 140 Å². The third-order valence-corrected chi connectivity index (χ3v) is 5.05. The summed E-state index contributed by atoms with van der Waals surface area (Å²) in [7, 11) is 0. The van der Waals surface area contributed by atoms with E-state index in [0.29, 0.717) is 5.92 Å². The van der Waals surface area contributed by atoms with Crippen LogP contribution in [-0.4, -0.2) is 35.4 Å². The predicted molar refractivity (Wildman–Crippen MR) is 98.7 cm³/mol. The zero-order valence-electron chi connectivity index (χ0n) is 14.8. The van der Waals surface area contributed by atoms with E-state index in [-0.39, 0.29) is 11.0 Å². The summed E-state index contributed by atoms with van der Waals surface area (Å²) in [5.74, 6) is 1.53. The number of benzene rings is 1. The van der Waals surface area contributed by atoms with Gasteiger partial charge in [-0.05, 0) is 36.6 Å². The summed E-state index contributed by atoms with van der Waals surface area (Å²) in [5.41, 5.74) is 2.49. The molecule has 124 valence electrons. The highest BCUT2D eigenvalue weighted by Gasteiger charge is 2.16. The Bertz CT molecular complexity index is 437. The fourth-order valence-electron chi connectivity index (χ4n) is 2.49. The summed E-state index contributed by atoms with van der Waals surface area (Å²) in [6.07, 6.45) is 1.10. The standard InChI is InChI=1S/C19H31NOS/c1-6-20(7-2)12-13-22-19(21)16(5)18-10-8-17(9-11-18)14-15(3)4/h8-11,15-16H,6-7,12-14H2,1-5H3. The highest BCUT2D eigenvalue weighted by Crippen LogP contribution is 2.23. The Morgan fingerprint density at radius 3 is 2.18 bits per heavy atom. The van der Waals surface area contributed by atoms with Gasteiger partial charge in [-0.3, -0.25) is 4.79 Å². The molecule has 0 spiro atoms. The van der Waals surface area contributed by atoms with Crippen LogP contribution >= 0.6 is 11.8 Å².